The van der Waals surface area contributed by atoms with Crippen molar-refractivity contribution in [1.29, 1.82) is 0 Å². The second-order valence-corrected chi connectivity index (χ2v) is 6.34. The van der Waals surface area contributed by atoms with Gasteiger partial charge in [0.1, 0.15) is 5.54 Å². The van der Waals surface area contributed by atoms with Crippen LogP contribution in [0.15, 0.2) is 0 Å². The Morgan fingerprint density at radius 1 is 1.20 bits per heavy atom. The van der Waals surface area contributed by atoms with Crippen molar-refractivity contribution in [2.24, 2.45) is 0 Å². The van der Waals surface area contributed by atoms with E-state index >= 15 is 0 Å². The zero-order valence-electron chi connectivity index (χ0n) is 12.0. The number of hydrogen-bond donors (Lipinski definition) is 1. The fourth-order valence-corrected chi connectivity index (χ4v) is 3.75. The van der Waals surface area contributed by atoms with E-state index in [0.29, 0.717) is 6.54 Å². The summed E-state index contributed by atoms with van der Waals surface area (Å²) in [4.78, 5) is 26.4. The zero-order valence-corrected chi connectivity index (χ0v) is 12.0. The molecular weight excluding hydrogens is 256 g/mol. The van der Waals surface area contributed by atoms with Gasteiger partial charge in [0, 0.05) is 13.2 Å². The van der Waals surface area contributed by atoms with Crippen molar-refractivity contribution in [3.8, 4) is 0 Å². The minimum absolute atomic E-state index is 0.00107. The second-order valence-electron chi connectivity index (χ2n) is 6.34. The van der Waals surface area contributed by atoms with Crippen LogP contribution < -0.4 is 5.32 Å². The van der Waals surface area contributed by atoms with Crippen LogP contribution in [0, 0.1) is 0 Å². The molecule has 2 saturated heterocycles. The van der Waals surface area contributed by atoms with Gasteiger partial charge in [-0.3, -0.25) is 9.59 Å². The van der Waals surface area contributed by atoms with Gasteiger partial charge in [0.25, 0.3) is 0 Å². The van der Waals surface area contributed by atoms with Crippen LogP contribution in [-0.2, 0) is 14.3 Å². The van der Waals surface area contributed by atoms with E-state index in [2.05, 4.69) is 5.32 Å². The summed E-state index contributed by atoms with van der Waals surface area (Å²) in [6, 6.07) is 0. The van der Waals surface area contributed by atoms with Gasteiger partial charge in [-0.2, -0.15) is 0 Å². The summed E-state index contributed by atoms with van der Waals surface area (Å²) in [5.74, 6) is 0.133. The summed E-state index contributed by atoms with van der Waals surface area (Å²) >= 11 is 0. The summed E-state index contributed by atoms with van der Waals surface area (Å²) < 4.78 is 5.60. The Morgan fingerprint density at radius 2 is 2.00 bits per heavy atom. The molecule has 3 rings (SSSR count). The maximum atomic E-state index is 12.7. The van der Waals surface area contributed by atoms with E-state index in [9.17, 15) is 9.59 Å². The van der Waals surface area contributed by atoms with Crippen molar-refractivity contribution >= 4 is 11.8 Å². The van der Waals surface area contributed by atoms with Crippen molar-refractivity contribution < 1.29 is 14.3 Å². The molecule has 112 valence electrons. The minimum atomic E-state index is -0.593. The van der Waals surface area contributed by atoms with Crippen molar-refractivity contribution in [2.45, 2.75) is 63.0 Å². The number of carbonyl (C=O) groups excluding carboxylic acids is 2. The lowest BCUT2D eigenvalue weighted by Gasteiger charge is -2.44. The molecule has 0 aromatic carbocycles. The van der Waals surface area contributed by atoms with Gasteiger partial charge in [0.05, 0.1) is 12.6 Å². The van der Waals surface area contributed by atoms with Crippen LogP contribution >= 0.6 is 0 Å². The molecule has 1 spiro atoms. The number of nitrogens with one attached hydrogen (secondary N) is 1. The first-order valence-corrected chi connectivity index (χ1v) is 7.92. The molecule has 3 aliphatic rings. The Morgan fingerprint density at radius 3 is 2.70 bits per heavy atom. The molecule has 2 amide bonds. The molecule has 5 heteroatoms. The average Bonchev–Trinajstić information content (AvgIpc) is 2.95. The van der Waals surface area contributed by atoms with Gasteiger partial charge in [-0.15, -0.1) is 0 Å². The molecule has 2 aliphatic heterocycles. The molecule has 0 aromatic heterocycles. The molecule has 0 bridgehead atoms. The molecule has 5 nitrogen and oxygen atoms in total. The summed E-state index contributed by atoms with van der Waals surface area (Å²) in [5, 5.41) is 2.98. The van der Waals surface area contributed by atoms with Crippen molar-refractivity contribution in [3.63, 3.8) is 0 Å². The Bertz CT molecular complexity index is 385. The number of carbonyl (C=O) groups is 2. The lowest BCUT2D eigenvalue weighted by molar-refractivity contribution is -0.151. The van der Waals surface area contributed by atoms with E-state index in [1.54, 1.807) is 4.90 Å². The van der Waals surface area contributed by atoms with Crippen LogP contribution in [0.3, 0.4) is 0 Å². The molecule has 20 heavy (non-hydrogen) atoms. The topological polar surface area (TPSA) is 58.6 Å². The van der Waals surface area contributed by atoms with Crippen molar-refractivity contribution in [3.05, 3.63) is 0 Å². The molecule has 1 N–H and O–H groups in total. The molecular formula is C15H24N2O3. The molecule has 1 saturated carbocycles. The smallest absolute Gasteiger partial charge is 0.248 e. The third-order valence-corrected chi connectivity index (χ3v) is 4.86. The molecule has 1 aliphatic carbocycles. The lowest BCUT2D eigenvalue weighted by atomic mass is 9.79. The highest BCUT2D eigenvalue weighted by molar-refractivity contribution is 5.98. The number of rotatable bonds is 3. The van der Waals surface area contributed by atoms with Gasteiger partial charge in [-0.05, 0) is 32.1 Å². The largest absolute Gasteiger partial charge is 0.378 e. The van der Waals surface area contributed by atoms with Crippen LogP contribution in [0.4, 0.5) is 0 Å². The van der Waals surface area contributed by atoms with Gasteiger partial charge in [-0.1, -0.05) is 19.3 Å². The molecule has 0 radical (unpaired) electrons. The average molecular weight is 280 g/mol. The van der Waals surface area contributed by atoms with E-state index in [4.69, 9.17) is 4.74 Å². The predicted octanol–water partition coefficient (Wildman–Crippen LogP) is 1.22. The Balaban J connectivity index is 1.63. The van der Waals surface area contributed by atoms with Crippen LogP contribution in [0.1, 0.15) is 51.4 Å². The fraction of sp³-hybridized carbons (Fsp3) is 0.867. The van der Waals surface area contributed by atoms with E-state index in [0.717, 1.165) is 51.6 Å². The Labute approximate surface area is 120 Å². The van der Waals surface area contributed by atoms with E-state index in [1.807, 2.05) is 0 Å². The quantitative estimate of drug-likeness (QED) is 0.845. The van der Waals surface area contributed by atoms with Gasteiger partial charge in [-0.25, -0.2) is 0 Å². The summed E-state index contributed by atoms with van der Waals surface area (Å²) in [6.07, 6.45) is 8.16. The van der Waals surface area contributed by atoms with Gasteiger partial charge < -0.3 is 15.0 Å². The molecule has 1 atom stereocenters. The third-order valence-electron chi connectivity index (χ3n) is 4.86. The third kappa shape index (κ3) is 2.68. The number of hydrogen-bond acceptors (Lipinski definition) is 3. The van der Waals surface area contributed by atoms with Gasteiger partial charge in [0.15, 0.2) is 0 Å². The highest BCUT2D eigenvalue weighted by Crippen LogP contribution is 2.32. The predicted molar refractivity (Wildman–Crippen MR) is 74.1 cm³/mol. The second kappa shape index (κ2) is 5.72. The highest BCUT2D eigenvalue weighted by atomic mass is 16.5. The van der Waals surface area contributed by atoms with Crippen LogP contribution in [0.25, 0.3) is 0 Å². The van der Waals surface area contributed by atoms with Crippen molar-refractivity contribution in [2.75, 3.05) is 19.7 Å². The minimum Gasteiger partial charge on any atom is -0.378 e. The SMILES string of the molecule is O=C1CN(CCC2CCCO2)C(=O)C2(CCCCC2)N1. The van der Waals surface area contributed by atoms with Crippen molar-refractivity contribution in [1.82, 2.24) is 10.2 Å². The van der Waals surface area contributed by atoms with E-state index < -0.39 is 5.54 Å². The molecule has 2 heterocycles. The summed E-state index contributed by atoms with van der Waals surface area (Å²) in [7, 11) is 0. The zero-order chi connectivity index (χ0) is 14.0. The highest BCUT2D eigenvalue weighted by Gasteiger charge is 2.46. The van der Waals surface area contributed by atoms with E-state index in [-0.39, 0.29) is 24.5 Å². The number of piperazine rings is 1. The molecule has 1 unspecified atom stereocenters. The lowest BCUT2D eigenvalue weighted by Crippen LogP contribution is -2.67. The Kier molecular flexibility index (Phi) is 3.96. The van der Waals surface area contributed by atoms with Gasteiger partial charge in [0.2, 0.25) is 11.8 Å². The maximum absolute atomic E-state index is 12.7. The monoisotopic (exact) mass is 280 g/mol. The first-order valence-electron chi connectivity index (χ1n) is 7.92. The standard InChI is InChI=1S/C15H24N2O3/c18-13-11-17(9-6-12-5-4-10-20-12)14(19)15(16-13)7-2-1-3-8-15/h12H,1-11H2,(H,16,18). The number of ether oxygens (including phenoxy) is 1. The van der Waals surface area contributed by atoms with Crippen LogP contribution in [-0.4, -0.2) is 48.1 Å². The summed E-state index contributed by atoms with van der Waals surface area (Å²) in [6.45, 7) is 1.70. The van der Waals surface area contributed by atoms with E-state index in [1.165, 1.54) is 6.42 Å². The number of nitrogens with zero attached hydrogens (tertiary/aromatic N) is 1. The normalized spacial score (nSPS) is 29.8. The van der Waals surface area contributed by atoms with Crippen LogP contribution in [0.5, 0.6) is 0 Å². The molecule has 3 fully saturated rings. The summed E-state index contributed by atoms with van der Waals surface area (Å²) in [5.41, 5.74) is -0.593. The fourth-order valence-electron chi connectivity index (χ4n) is 3.75. The first kappa shape index (κ1) is 13.9. The van der Waals surface area contributed by atoms with Gasteiger partial charge >= 0.3 is 0 Å². The number of amides is 2. The maximum Gasteiger partial charge on any atom is 0.248 e. The Hall–Kier alpha value is -1.10. The van der Waals surface area contributed by atoms with Crippen LogP contribution in [0.2, 0.25) is 0 Å². The first-order chi connectivity index (χ1) is 9.70. The molecule has 0 aromatic rings.